The van der Waals surface area contributed by atoms with Crippen LogP contribution in [-0.2, 0) is 11.3 Å². The van der Waals surface area contributed by atoms with Gasteiger partial charge in [0.15, 0.2) is 5.96 Å². The Morgan fingerprint density at radius 1 is 1.57 bits per heavy atom. The van der Waals surface area contributed by atoms with Crippen molar-refractivity contribution in [3.8, 4) is 0 Å². The zero-order chi connectivity index (χ0) is 15.2. The van der Waals surface area contributed by atoms with Crippen molar-refractivity contribution >= 4 is 33.5 Å². The number of nitrogens with zero attached hydrogens (tertiary/aromatic N) is 2. The molecule has 4 nitrogen and oxygen atoms in total. The molecule has 1 aliphatic heterocycles. The Balaban J connectivity index is 1.89. The number of hydrogen-bond donors (Lipinski definition) is 1. The highest BCUT2D eigenvalue weighted by Gasteiger charge is 2.19. The minimum absolute atomic E-state index is 0.588. The van der Waals surface area contributed by atoms with Crippen molar-refractivity contribution in [3.63, 3.8) is 0 Å². The van der Waals surface area contributed by atoms with Gasteiger partial charge in [0.1, 0.15) is 0 Å². The van der Waals surface area contributed by atoms with E-state index < -0.39 is 0 Å². The second-order valence-corrected chi connectivity index (χ2v) is 6.57. The highest BCUT2D eigenvalue weighted by atomic mass is 79.9. The molecule has 0 spiro atoms. The molecule has 21 heavy (non-hydrogen) atoms. The first-order chi connectivity index (χ1) is 10.1. The lowest BCUT2D eigenvalue weighted by Gasteiger charge is -2.24. The number of ether oxygens (including phenoxy) is 1. The topological polar surface area (TPSA) is 36.9 Å². The normalized spacial score (nSPS) is 18.9. The lowest BCUT2D eigenvalue weighted by molar-refractivity contribution is 0.181. The van der Waals surface area contributed by atoms with Gasteiger partial charge in [0, 0.05) is 49.2 Å². The molecule has 1 fully saturated rings. The molecule has 1 unspecified atom stereocenters. The molecular weight excluding hydrogens is 354 g/mol. The number of nitrogens with one attached hydrogen (secondary N) is 1. The smallest absolute Gasteiger partial charge is 0.193 e. The summed E-state index contributed by atoms with van der Waals surface area (Å²) in [5.41, 5.74) is 1.05. The molecule has 0 saturated carbocycles. The number of guanidine groups is 1. The molecule has 0 radical (unpaired) electrons. The Labute approximate surface area is 139 Å². The largest absolute Gasteiger partial charge is 0.381 e. The lowest BCUT2D eigenvalue weighted by atomic mass is 10.1. The minimum Gasteiger partial charge on any atom is -0.381 e. The standard InChI is InChI=1S/C15H21BrClN3O/c1-18-15(20(2)9-11-5-6-21-10-11)19-8-12-3-4-13(16)7-14(12)17/h3-4,7,11H,5-6,8-10H2,1-2H3,(H,18,19). The van der Waals surface area contributed by atoms with Crippen LogP contribution in [0.25, 0.3) is 0 Å². The molecule has 0 bridgehead atoms. The van der Waals surface area contributed by atoms with E-state index in [-0.39, 0.29) is 0 Å². The van der Waals surface area contributed by atoms with Crippen LogP contribution in [0, 0.1) is 5.92 Å². The summed E-state index contributed by atoms with van der Waals surface area (Å²) in [6, 6.07) is 5.91. The molecule has 116 valence electrons. The molecule has 1 atom stereocenters. The fraction of sp³-hybridized carbons (Fsp3) is 0.533. The predicted molar refractivity (Wildman–Crippen MR) is 90.9 cm³/mol. The van der Waals surface area contributed by atoms with Gasteiger partial charge in [0.05, 0.1) is 6.61 Å². The first-order valence-corrected chi connectivity index (χ1v) is 8.20. The van der Waals surface area contributed by atoms with Crippen LogP contribution in [0.4, 0.5) is 0 Å². The Morgan fingerprint density at radius 2 is 2.38 bits per heavy atom. The third-order valence-corrected chi connectivity index (χ3v) is 4.43. The molecule has 1 saturated heterocycles. The zero-order valence-electron chi connectivity index (χ0n) is 12.4. The Morgan fingerprint density at radius 3 is 3.00 bits per heavy atom. The lowest BCUT2D eigenvalue weighted by Crippen LogP contribution is -2.41. The summed E-state index contributed by atoms with van der Waals surface area (Å²) in [5, 5.41) is 4.10. The molecule has 1 aliphatic rings. The number of hydrogen-bond acceptors (Lipinski definition) is 2. The molecule has 6 heteroatoms. The molecule has 1 N–H and O–H groups in total. The van der Waals surface area contributed by atoms with Gasteiger partial charge in [0.25, 0.3) is 0 Å². The van der Waals surface area contributed by atoms with Crippen molar-refractivity contribution in [1.82, 2.24) is 10.2 Å². The fourth-order valence-electron chi connectivity index (χ4n) is 2.43. The number of rotatable bonds is 4. The van der Waals surface area contributed by atoms with Gasteiger partial charge in [-0.3, -0.25) is 4.99 Å². The van der Waals surface area contributed by atoms with Gasteiger partial charge < -0.3 is 15.0 Å². The van der Waals surface area contributed by atoms with Crippen LogP contribution in [-0.4, -0.2) is 44.7 Å². The maximum atomic E-state index is 6.23. The summed E-state index contributed by atoms with van der Waals surface area (Å²) in [7, 11) is 3.85. The van der Waals surface area contributed by atoms with Crippen LogP contribution in [0.15, 0.2) is 27.7 Å². The fourth-order valence-corrected chi connectivity index (χ4v) is 3.17. The monoisotopic (exact) mass is 373 g/mol. The van der Waals surface area contributed by atoms with Crippen LogP contribution in [0.1, 0.15) is 12.0 Å². The molecule has 1 aromatic rings. The van der Waals surface area contributed by atoms with Crippen LogP contribution in [0.5, 0.6) is 0 Å². The van der Waals surface area contributed by atoms with Gasteiger partial charge in [-0.2, -0.15) is 0 Å². The molecule has 1 heterocycles. The molecule has 0 aromatic heterocycles. The van der Waals surface area contributed by atoms with Crippen LogP contribution in [0.2, 0.25) is 5.02 Å². The predicted octanol–water partition coefficient (Wildman–Crippen LogP) is 3.15. The summed E-state index contributed by atoms with van der Waals surface area (Å²) in [6.07, 6.45) is 1.12. The average molecular weight is 375 g/mol. The van der Waals surface area contributed by atoms with Crippen molar-refractivity contribution in [2.45, 2.75) is 13.0 Å². The van der Waals surface area contributed by atoms with Crippen LogP contribution < -0.4 is 5.32 Å². The second-order valence-electron chi connectivity index (χ2n) is 5.25. The van der Waals surface area contributed by atoms with E-state index in [2.05, 4.69) is 38.2 Å². The molecule has 2 rings (SSSR count). The van der Waals surface area contributed by atoms with Gasteiger partial charge in [-0.05, 0) is 24.1 Å². The van der Waals surface area contributed by atoms with E-state index in [0.29, 0.717) is 12.5 Å². The molecule has 0 amide bonds. The van der Waals surface area contributed by atoms with Gasteiger partial charge in [0.2, 0.25) is 0 Å². The second kappa shape index (κ2) is 8.01. The SMILES string of the molecule is CN=C(NCc1ccc(Br)cc1Cl)N(C)CC1CCOC1. The summed E-state index contributed by atoms with van der Waals surface area (Å²) in [6.45, 7) is 3.33. The van der Waals surface area contributed by atoms with E-state index in [0.717, 1.165) is 47.2 Å². The third kappa shape index (κ3) is 4.87. The van der Waals surface area contributed by atoms with Crippen molar-refractivity contribution in [3.05, 3.63) is 33.3 Å². The van der Waals surface area contributed by atoms with Crippen LogP contribution in [0.3, 0.4) is 0 Å². The summed E-state index contributed by atoms with van der Waals surface area (Å²) in [5.74, 6) is 1.46. The first-order valence-electron chi connectivity index (χ1n) is 7.03. The molecule has 0 aliphatic carbocycles. The number of aliphatic imine (C=N–C) groups is 1. The minimum atomic E-state index is 0.588. The summed E-state index contributed by atoms with van der Waals surface area (Å²) < 4.78 is 6.40. The zero-order valence-corrected chi connectivity index (χ0v) is 14.7. The Bertz CT molecular complexity index is 504. The maximum absolute atomic E-state index is 6.23. The Hall–Kier alpha value is -0.780. The van der Waals surface area contributed by atoms with Gasteiger partial charge in [-0.15, -0.1) is 0 Å². The molecule has 1 aromatic carbocycles. The van der Waals surface area contributed by atoms with E-state index in [1.54, 1.807) is 7.05 Å². The summed E-state index contributed by atoms with van der Waals surface area (Å²) >= 11 is 9.65. The maximum Gasteiger partial charge on any atom is 0.193 e. The van der Waals surface area contributed by atoms with E-state index >= 15 is 0 Å². The van der Waals surface area contributed by atoms with Crippen LogP contribution >= 0.6 is 27.5 Å². The first kappa shape index (κ1) is 16.6. The van der Waals surface area contributed by atoms with E-state index in [4.69, 9.17) is 16.3 Å². The highest BCUT2D eigenvalue weighted by molar-refractivity contribution is 9.10. The van der Waals surface area contributed by atoms with Gasteiger partial charge in [-0.25, -0.2) is 0 Å². The number of benzene rings is 1. The summed E-state index contributed by atoms with van der Waals surface area (Å²) in [4.78, 5) is 6.48. The van der Waals surface area contributed by atoms with E-state index in [1.807, 2.05) is 18.2 Å². The Kier molecular flexibility index (Phi) is 6.33. The highest BCUT2D eigenvalue weighted by Crippen LogP contribution is 2.21. The third-order valence-electron chi connectivity index (χ3n) is 3.58. The number of halogens is 2. The van der Waals surface area contributed by atoms with Crippen molar-refractivity contribution in [2.75, 3.05) is 33.9 Å². The average Bonchev–Trinajstić information content (AvgIpc) is 2.94. The molecular formula is C15H21BrClN3O. The quantitative estimate of drug-likeness (QED) is 0.650. The van der Waals surface area contributed by atoms with Gasteiger partial charge in [-0.1, -0.05) is 33.6 Å². The van der Waals surface area contributed by atoms with Crippen molar-refractivity contribution < 1.29 is 4.74 Å². The van der Waals surface area contributed by atoms with Crippen molar-refractivity contribution in [1.29, 1.82) is 0 Å². The van der Waals surface area contributed by atoms with Gasteiger partial charge >= 0.3 is 0 Å². The van der Waals surface area contributed by atoms with Crippen molar-refractivity contribution in [2.24, 2.45) is 10.9 Å². The van der Waals surface area contributed by atoms with E-state index in [1.165, 1.54) is 0 Å². The van der Waals surface area contributed by atoms with E-state index in [9.17, 15) is 0 Å².